The van der Waals surface area contributed by atoms with Crippen LogP contribution in [-0.2, 0) is 0 Å². The highest BCUT2D eigenvalue weighted by atomic mass is 16.5. The largest absolute Gasteiger partial charge is 0.476 e. The van der Waals surface area contributed by atoms with Crippen molar-refractivity contribution < 1.29 is 9.47 Å². The number of rotatable bonds is 5. The van der Waals surface area contributed by atoms with E-state index in [-0.39, 0.29) is 23.4 Å². The van der Waals surface area contributed by atoms with Crippen LogP contribution < -0.4 is 20.9 Å². The fourth-order valence-corrected chi connectivity index (χ4v) is 1.43. The summed E-state index contributed by atoms with van der Waals surface area (Å²) in [6.45, 7) is 2.49. The number of nitrogen functional groups attached to an aromatic ring is 2. The predicted molar refractivity (Wildman–Crippen MR) is 73.2 cm³/mol. The van der Waals surface area contributed by atoms with Crippen LogP contribution in [-0.4, -0.2) is 16.6 Å². The molecule has 0 aliphatic heterocycles. The Morgan fingerprint density at radius 3 is 2.42 bits per heavy atom. The summed E-state index contributed by atoms with van der Waals surface area (Å²) in [5.41, 5.74) is 11.8. The summed E-state index contributed by atoms with van der Waals surface area (Å²) >= 11 is 0. The summed E-state index contributed by atoms with van der Waals surface area (Å²) in [4.78, 5) is 7.93. The molecule has 0 aliphatic carbocycles. The lowest BCUT2D eigenvalue weighted by molar-refractivity contribution is 0.305. The standard InChI is InChI=1S/C13H16N4O2/c1-2-8-18-11-10(14)12(17-13(15)16-11)19-9-6-4-3-5-7-9/h3-7H,2,8,14H2,1H3,(H2,15,16,17). The van der Waals surface area contributed by atoms with Crippen molar-refractivity contribution in [3.05, 3.63) is 30.3 Å². The van der Waals surface area contributed by atoms with Crippen LogP contribution in [0.4, 0.5) is 11.6 Å². The summed E-state index contributed by atoms with van der Waals surface area (Å²) in [5.74, 6) is 1.13. The molecule has 0 fully saturated rings. The molecule has 0 atom stereocenters. The molecule has 0 saturated heterocycles. The second-order valence-corrected chi connectivity index (χ2v) is 3.87. The minimum Gasteiger partial charge on any atom is -0.476 e. The van der Waals surface area contributed by atoms with Crippen molar-refractivity contribution in [3.8, 4) is 17.5 Å². The summed E-state index contributed by atoms with van der Waals surface area (Å²) in [6.07, 6.45) is 0.845. The summed E-state index contributed by atoms with van der Waals surface area (Å²) < 4.78 is 11.0. The van der Waals surface area contributed by atoms with Crippen LogP contribution in [0.25, 0.3) is 0 Å². The number of nitrogens with zero attached hydrogens (tertiary/aromatic N) is 2. The van der Waals surface area contributed by atoms with E-state index in [2.05, 4.69) is 9.97 Å². The molecule has 0 unspecified atom stereocenters. The molecule has 0 aliphatic rings. The van der Waals surface area contributed by atoms with Gasteiger partial charge in [-0.15, -0.1) is 0 Å². The van der Waals surface area contributed by atoms with E-state index < -0.39 is 0 Å². The molecule has 0 amide bonds. The SMILES string of the molecule is CCCOc1nc(N)nc(Oc2ccccc2)c1N. The number of ether oxygens (including phenoxy) is 2. The van der Waals surface area contributed by atoms with E-state index in [0.29, 0.717) is 12.4 Å². The molecule has 0 saturated carbocycles. The summed E-state index contributed by atoms with van der Waals surface area (Å²) in [7, 11) is 0. The molecule has 6 nitrogen and oxygen atoms in total. The predicted octanol–water partition coefficient (Wildman–Crippen LogP) is 2.22. The van der Waals surface area contributed by atoms with Crippen molar-refractivity contribution in [2.45, 2.75) is 13.3 Å². The summed E-state index contributed by atoms with van der Waals surface area (Å²) in [5, 5.41) is 0. The van der Waals surface area contributed by atoms with Gasteiger partial charge in [0.25, 0.3) is 5.88 Å². The number of para-hydroxylation sites is 1. The fourth-order valence-electron chi connectivity index (χ4n) is 1.43. The zero-order valence-corrected chi connectivity index (χ0v) is 10.7. The van der Waals surface area contributed by atoms with Gasteiger partial charge in [0.15, 0.2) is 5.69 Å². The molecule has 1 aromatic carbocycles. The van der Waals surface area contributed by atoms with Gasteiger partial charge in [-0.25, -0.2) is 0 Å². The van der Waals surface area contributed by atoms with Crippen LogP contribution in [0.1, 0.15) is 13.3 Å². The third-order valence-corrected chi connectivity index (χ3v) is 2.29. The monoisotopic (exact) mass is 260 g/mol. The van der Waals surface area contributed by atoms with Gasteiger partial charge in [0.2, 0.25) is 11.8 Å². The minimum atomic E-state index is 0.0613. The zero-order valence-electron chi connectivity index (χ0n) is 10.7. The van der Waals surface area contributed by atoms with Gasteiger partial charge in [-0.05, 0) is 18.6 Å². The van der Waals surface area contributed by atoms with E-state index in [9.17, 15) is 0 Å². The Balaban J connectivity index is 2.27. The van der Waals surface area contributed by atoms with E-state index in [1.807, 2.05) is 25.1 Å². The highest BCUT2D eigenvalue weighted by molar-refractivity contribution is 5.59. The van der Waals surface area contributed by atoms with Crippen molar-refractivity contribution >= 4 is 11.6 Å². The average Bonchev–Trinajstić information content (AvgIpc) is 2.42. The van der Waals surface area contributed by atoms with Gasteiger partial charge >= 0.3 is 0 Å². The number of hydrogen-bond acceptors (Lipinski definition) is 6. The Labute approximate surface area is 111 Å². The molecule has 6 heteroatoms. The quantitative estimate of drug-likeness (QED) is 0.855. The lowest BCUT2D eigenvalue weighted by atomic mass is 10.3. The van der Waals surface area contributed by atoms with Gasteiger partial charge in [0.05, 0.1) is 6.61 Å². The lowest BCUT2D eigenvalue weighted by Crippen LogP contribution is -2.07. The molecule has 4 N–H and O–H groups in total. The molecule has 19 heavy (non-hydrogen) atoms. The second-order valence-electron chi connectivity index (χ2n) is 3.87. The van der Waals surface area contributed by atoms with Gasteiger partial charge < -0.3 is 20.9 Å². The molecule has 1 heterocycles. The molecular weight excluding hydrogens is 244 g/mol. The first kappa shape index (κ1) is 12.9. The number of anilines is 2. The molecule has 0 spiro atoms. The van der Waals surface area contributed by atoms with Crippen LogP contribution in [0.5, 0.6) is 17.5 Å². The normalized spacial score (nSPS) is 10.2. The number of hydrogen-bond donors (Lipinski definition) is 2. The highest BCUT2D eigenvalue weighted by Gasteiger charge is 2.13. The lowest BCUT2D eigenvalue weighted by Gasteiger charge is -2.11. The van der Waals surface area contributed by atoms with Crippen molar-refractivity contribution in [2.75, 3.05) is 18.1 Å². The van der Waals surface area contributed by atoms with Gasteiger partial charge in [-0.2, -0.15) is 9.97 Å². The van der Waals surface area contributed by atoms with Crippen molar-refractivity contribution in [2.24, 2.45) is 0 Å². The van der Waals surface area contributed by atoms with Crippen LogP contribution in [0.3, 0.4) is 0 Å². The molecule has 2 aromatic rings. The number of nitrogens with two attached hydrogens (primary N) is 2. The maximum Gasteiger partial charge on any atom is 0.251 e. The number of benzene rings is 1. The maximum atomic E-state index is 5.91. The Morgan fingerprint density at radius 1 is 1.05 bits per heavy atom. The first-order valence-electron chi connectivity index (χ1n) is 5.99. The average molecular weight is 260 g/mol. The minimum absolute atomic E-state index is 0.0613. The van der Waals surface area contributed by atoms with E-state index in [0.717, 1.165) is 6.42 Å². The van der Waals surface area contributed by atoms with Crippen LogP contribution in [0.15, 0.2) is 30.3 Å². The van der Waals surface area contributed by atoms with Crippen LogP contribution >= 0.6 is 0 Å². The Bertz CT molecular complexity index is 546. The van der Waals surface area contributed by atoms with E-state index in [1.165, 1.54) is 0 Å². The molecule has 1 aromatic heterocycles. The third kappa shape index (κ3) is 3.25. The maximum absolute atomic E-state index is 5.91. The topological polar surface area (TPSA) is 96.3 Å². The van der Waals surface area contributed by atoms with Gasteiger partial charge in [0, 0.05) is 0 Å². The van der Waals surface area contributed by atoms with E-state index in [4.69, 9.17) is 20.9 Å². The Hall–Kier alpha value is -2.50. The molecule has 100 valence electrons. The van der Waals surface area contributed by atoms with Gasteiger partial charge in [-0.1, -0.05) is 25.1 Å². The zero-order chi connectivity index (χ0) is 13.7. The number of aromatic nitrogens is 2. The van der Waals surface area contributed by atoms with Crippen molar-refractivity contribution in [3.63, 3.8) is 0 Å². The van der Waals surface area contributed by atoms with E-state index in [1.54, 1.807) is 12.1 Å². The first-order chi connectivity index (χ1) is 9.20. The molecule has 2 rings (SSSR count). The van der Waals surface area contributed by atoms with Gasteiger partial charge in [0.1, 0.15) is 5.75 Å². The smallest absolute Gasteiger partial charge is 0.251 e. The van der Waals surface area contributed by atoms with Crippen molar-refractivity contribution in [1.82, 2.24) is 9.97 Å². The van der Waals surface area contributed by atoms with Crippen molar-refractivity contribution in [1.29, 1.82) is 0 Å². The molecule has 0 radical (unpaired) electrons. The molecule has 0 bridgehead atoms. The Morgan fingerprint density at radius 2 is 1.74 bits per heavy atom. The highest BCUT2D eigenvalue weighted by Crippen LogP contribution is 2.32. The third-order valence-electron chi connectivity index (χ3n) is 2.29. The Kier molecular flexibility index (Phi) is 4.02. The summed E-state index contributed by atoms with van der Waals surface area (Å²) in [6, 6.07) is 9.18. The molecular formula is C13H16N4O2. The van der Waals surface area contributed by atoms with Crippen LogP contribution in [0, 0.1) is 0 Å². The van der Waals surface area contributed by atoms with Gasteiger partial charge in [-0.3, -0.25) is 0 Å². The van der Waals surface area contributed by atoms with E-state index >= 15 is 0 Å². The second kappa shape index (κ2) is 5.90. The first-order valence-corrected chi connectivity index (χ1v) is 5.99. The van der Waals surface area contributed by atoms with Crippen LogP contribution in [0.2, 0.25) is 0 Å². The fraction of sp³-hybridized carbons (Fsp3) is 0.231.